The number of guanidine groups is 1. The second-order valence-electron chi connectivity index (χ2n) is 5.18. The Morgan fingerprint density at radius 3 is 2.48 bits per heavy atom. The number of ether oxygens (including phenoxy) is 3. The summed E-state index contributed by atoms with van der Waals surface area (Å²) in [6.07, 6.45) is 1.81. The van der Waals surface area contributed by atoms with Gasteiger partial charge in [-0.1, -0.05) is 6.07 Å². The smallest absolute Gasteiger partial charge is 0.191 e. The van der Waals surface area contributed by atoms with E-state index in [1.54, 1.807) is 14.2 Å². The molecule has 6 nitrogen and oxygen atoms in total. The van der Waals surface area contributed by atoms with E-state index >= 15 is 0 Å². The number of methoxy groups -OCH3 is 2. The number of hydrogen-bond donors (Lipinski definition) is 2. The summed E-state index contributed by atoms with van der Waals surface area (Å²) >= 11 is 0. The summed E-state index contributed by atoms with van der Waals surface area (Å²) in [7, 11) is 3.29. The van der Waals surface area contributed by atoms with Crippen LogP contribution in [0.2, 0.25) is 0 Å². The van der Waals surface area contributed by atoms with Gasteiger partial charge in [0.15, 0.2) is 17.5 Å². The molecule has 0 saturated heterocycles. The minimum absolute atomic E-state index is 0. The molecule has 25 heavy (non-hydrogen) atoms. The van der Waals surface area contributed by atoms with Crippen molar-refractivity contribution in [2.24, 2.45) is 4.99 Å². The van der Waals surface area contributed by atoms with Gasteiger partial charge in [0.25, 0.3) is 0 Å². The quantitative estimate of drug-likeness (QED) is 0.228. The van der Waals surface area contributed by atoms with Crippen LogP contribution in [0.4, 0.5) is 0 Å². The Bertz CT molecular complexity index is 498. The summed E-state index contributed by atoms with van der Waals surface area (Å²) in [6, 6.07) is 5.99. The van der Waals surface area contributed by atoms with Gasteiger partial charge in [-0.25, -0.2) is 0 Å². The Balaban J connectivity index is 0.00000576. The van der Waals surface area contributed by atoms with Crippen LogP contribution < -0.4 is 20.1 Å². The fourth-order valence-corrected chi connectivity index (χ4v) is 2.20. The molecule has 0 heterocycles. The van der Waals surface area contributed by atoms with Crippen molar-refractivity contribution in [1.82, 2.24) is 10.6 Å². The van der Waals surface area contributed by atoms with E-state index < -0.39 is 0 Å². The predicted molar refractivity (Wildman–Crippen MR) is 114 cm³/mol. The highest BCUT2D eigenvalue weighted by Gasteiger charge is 2.04. The van der Waals surface area contributed by atoms with E-state index in [1.165, 1.54) is 5.56 Å². The van der Waals surface area contributed by atoms with Crippen molar-refractivity contribution in [2.75, 3.05) is 47.1 Å². The second kappa shape index (κ2) is 15.1. The number of hydrogen-bond acceptors (Lipinski definition) is 4. The largest absolute Gasteiger partial charge is 0.493 e. The van der Waals surface area contributed by atoms with Crippen LogP contribution in [0.3, 0.4) is 0 Å². The highest BCUT2D eigenvalue weighted by molar-refractivity contribution is 14.0. The molecule has 1 aromatic rings. The van der Waals surface area contributed by atoms with Crippen LogP contribution in [-0.2, 0) is 11.2 Å². The van der Waals surface area contributed by atoms with Crippen LogP contribution in [0.5, 0.6) is 11.5 Å². The van der Waals surface area contributed by atoms with Gasteiger partial charge in [-0.05, 0) is 44.4 Å². The molecule has 0 amide bonds. The molecule has 2 N–H and O–H groups in total. The van der Waals surface area contributed by atoms with Gasteiger partial charge in [0.2, 0.25) is 0 Å². The summed E-state index contributed by atoms with van der Waals surface area (Å²) in [5.41, 5.74) is 1.19. The first-order chi connectivity index (χ1) is 11.7. The van der Waals surface area contributed by atoms with Crippen molar-refractivity contribution in [3.63, 3.8) is 0 Å². The Hall–Kier alpha value is -1.22. The lowest BCUT2D eigenvalue weighted by Crippen LogP contribution is -2.38. The number of aliphatic imine (C=N–C) groups is 1. The number of nitrogens with one attached hydrogen (secondary N) is 2. The molecule has 0 aromatic heterocycles. The van der Waals surface area contributed by atoms with Crippen molar-refractivity contribution in [3.05, 3.63) is 23.8 Å². The zero-order valence-electron chi connectivity index (χ0n) is 15.8. The normalized spacial score (nSPS) is 10.8. The van der Waals surface area contributed by atoms with E-state index in [0.29, 0.717) is 0 Å². The van der Waals surface area contributed by atoms with Crippen molar-refractivity contribution in [3.8, 4) is 11.5 Å². The molecule has 0 fully saturated rings. The van der Waals surface area contributed by atoms with Gasteiger partial charge < -0.3 is 24.8 Å². The van der Waals surface area contributed by atoms with Crippen LogP contribution in [0, 0.1) is 0 Å². The van der Waals surface area contributed by atoms with Gasteiger partial charge >= 0.3 is 0 Å². The third kappa shape index (κ3) is 9.74. The Morgan fingerprint density at radius 1 is 1.08 bits per heavy atom. The average Bonchev–Trinajstić information content (AvgIpc) is 2.61. The summed E-state index contributed by atoms with van der Waals surface area (Å²) in [5.74, 6) is 2.35. The molecule has 0 saturated carbocycles. The van der Waals surface area contributed by atoms with Crippen molar-refractivity contribution >= 4 is 29.9 Å². The highest BCUT2D eigenvalue weighted by Crippen LogP contribution is 2.27. The number of rotatable bonds is 11. The topological polar surface area (TPSA) is 64.1 Å². The lowest BCUT2D eigenvalue weighted by atomic mass is 10.1. The van der Waals surface area contributed by atoms with Crippen LogP contribution in [-0.4, -0.2) is 53.0 Å². The number of benzene rings is 1. The lowest BCUT2D eigenvalue weighted by Gasteiger charge is -2.12. The van der Waals surface area contributed by atoms with Crippen LogP contribution in [0.1, 0.15) is 25.8 Å². The zero-order chi connectivity index (χ0) is 17.6. The number of halogens is 1. The zero-order valence-corrected chi connectivity index (χ0v) is 18.1. The highest BCUT2D eigenvalue weighted by atomic mass is 127. The van der Waals surface area contributed by atoms with Crippen molar-refractivity contribution in [2.45, 2.75) is 26.7 Å². The first-order valence-corrected chi connectivity index (χ1v) is 8.55. The summed E-state index contributed by atoms with van der Waals surface area (Å²) in [4.78, 5) is 4.55. The molecule has 1 rings (SSSR count). The maximum atomic E-state index is 5.33. The van der Waals surface area contributed by atoms with Gasteiger partial charge in [-0.3, -0.25) is 4.99 Å². The van der Waals surface area contributed by atoms with E-state index in [9.17, 15) is 0 Å². The third-order valence-corrected chi connectivity index (χ3v) is 3.42. The van der Waals surface area contributed by atoms with Gasteiger partial charge in [0.05, 0.1) is 14.2 Å². The third-order valence-electron chi connectivity index (χ3n) is 3.42. The maximum absolute atomic E-state index is 5.33. The van der Waals surface area contributed by atoms with Crippen LogP contribution in [0.15, 0.2) is 23.2 Å². The average molecular weight is 465 g/mol. The van der Waals surface area contributed by atoms with E-state index in [1.807, 2.05) is 19.1 Å². The van der Waals surface area contributed by atoms with Gasteiger partial charge in [-0.2, -0.15) is 0 Å². The van der Waals surface area contributed by atoms with Crippen molar-refractivity contribution in [1.29, 1.82) is 0 Å². The molecular formula is C18H32IN3O3. The molecule has 7 heteroatoms. The maximum Gasteiger partial charge on any atom is 0.191 e. The molecule has 1 aromatic carbocycles. The molecule has 0 atom stereocenters. The first-order valence-electron chi connectivity index (χ1n) is 8.55. The van der Waals surface area contributed by atoms with E-state index in [4.69, 9.17) is 14.2 Å². The monoisotopic (exact) mass is 465 g/mol. The van der Waals surface area contributed by atoms with Crippen LogP contribution in [0.25, 0.3) is 0 Å². The molecule has 0 aliphatic heterocycles. The second-order valence-corrected chi connectivity index (χ2v) is 5.18. The van der Waals surface area contributed by atoms with Crippen molar-refractivity contribution < 1.29 is 14.2 Å². The van der Waals surface area contributed by atoms with Crippen LogP contribution >= 0.6 is 24.0 Å². The van der Waals surface area contributed by atoms with E-state index in [0.717, 1.165) is 63.1 Å². The standard InChI is InChI=1S/C18H31N3O3.HI/c1-5-19-18(20-11-7-13-24-6-2)21-12-10-15-8-9-16(22-3)17(14-15)23-4;/h8-9,14H,5-7,10-13H2,1-4H3,(H2,19,20,21);1H. The fourth-order valence-electron chi connectivity index (χ4n) is 2.20. The molecule has 0 aliphatic carbocycles. The Kier molecular flexibility index (Phi) is 14.3. The van der Waals surface area contributed by atoms with E-state index in [-0.39, 0.29) is 24.0 Å². The van der Waals surface area contributed by atoms with E-state index in [2.05, 4.69) is 28.6 Å². The molecule has 0 aliphatic rings. The Labute approximate surface area is 168 Å². The summed E-state index contributed by atoms with van der Waals surface area (Å²) in [5, 5.41) is 6.61. The first kappa shape index (κ1) is 23.8. The van der Waals surface area contributed by atoms with Gasteiger partial charge in [0.1, 0.15) is 0 Å². The molecule has 0 radical (unpaired) electrons. The SMILES string of the molecule is CCNC(=NCCCOCC)NCCc1ccc(OC)c(OC)c1.I. The lowest BCUT2D eigenvalue weighted by molar-refractivity contribution is 0.146. The molecular weight excluding hydrogens is 433 g/mol. The molecule has 0 spiro atoms. The predicted octanol–water partition coefficient (Wildman–Crippen LogP) is 2.85. The molecule has 0 unspecified atom stereocenters. The summed E-state index contributed by atoms with van der Waals surface area (Å²) in [6.45, 7) is 7.97. The van der Waals surface area contributed by atoms with Gasteiger partial charge in [0, 0.05) is 32.8 Å². The minimum Gasteiger partial charge on any atom is -0.493 e. The van der Waals surface area contributed by atoms with Gasteiger partial charge in [-0.15, -0.1) is 24.0 Å². The molecule has 0 bridgehead atoms. The molecule has 144 valence electrons. The fraction of sp³-hybridized carbons (Fsp3) is 0.611. The number of nitrogens with zero attached hydrogens (tertiary/aromatic N) is 1. The Morgan fingerprint density at radius 2 is 1.84 bits per heavy atom. The summed E-state index contributed by atoms with van der Waals surface area (Å²) < 4.78 is 15.9. The minimum atomic E-state index is 0.